The zero-order valence-corrected chi connectivity index (χ0v) is 12.1. The van der Waals surface area contributed by atoms with E-state index in [0.29, 0.717) is 13.1 Å². The van der Waals surface area contributed by atoms with Crippen LogP contribution in [-0.2, 0) is 16.6 Å². The number of piperazine rings is 1. The first kappa shape index (κ1) is 14.3. The van der Waals surface area contributed by atoms with Crippen LogP contribution >= 0.6 is 0 Å². The predicted octanol–water partition coefficient (Wildman–Crippen LogP) is 0.736. The average Bonchev–Trinajstić information content (AvgIpc) is 2.39. The van der Waals surface area contributed by atoms with Crippen molar-refractivity contribution >= 4 is 15.7 Å². The van der Waals surface area contributed by atoms with E-state index in [1.165, 1.54) is 5.56 Å². The number of hydrogen-bond donors (Lipinski definition) is 1. The minimum absolute atomic E-state index is 0.183. The number of nitrogen functional groups attached to an aromatic ring is 1. The zero-order chi connectivity index (χ0) is 13.9. The topological polar surface area (TPSA) is 66.6 Å². The molecule has 1 saturated heterocycles. The van der Waals surface area contributed by atoms with Crippen LogP contribution in [-0.4, -0.2) is 49.6 Å². The SMILES string of the molecule is CCS(=O)(=O)N1CCN(Cc2cccc(N)c2)CC1. The Bertz CT molecular complexity index is 522. The molecule has 1 aliphatic heterocycles. The minimum Gasteiger partial charge on any atom is -0.399 e. The Labute approximate surface area is 115 Å². The van der Waals surface area contributed by atoms with Gasteiger partial charge in [0.25, 0.3) is 0 Å². The summed E-state index contributed by atoms with van der Waals surface area (Å²) in [5.74, 6) is 0.183. The van der Waals surface area contributed by atoms with Crippen LogP contribution in [0, 0.1) is 0 Å². The second kappa shape index (κ2) is 5.90. The van der Waals surface area contributed by atoms with Gasteiger partial charge in [0.1, 0.15) is 0 Å². The predicted molar refractivity (Wildman–Crippen MR) is 77.2 cm³/mol. The molecule has 0 amide bonds. The Morgan fingerprint density at radius 2 is 1.89 bits per heavy atom. The number of nitrogens with zero attached hydrogens (tertiary/aromatic N) is 2. The molecule has 19 heavy (non-hydrogen) atoms. The maximum atomic E-state index is 11.8. The van der Waals surface area contributed by atoms with Crippen molar-refractivity contribution in [1.29, 1.82) is 0 Å². The minimum atomic E-state index is -3.04. The monoisotopic (exact) mass is 283 g/mol. The molecule has 5 nitrogen and oxygen atoms in total. The molecule has 0 bridgehead atoms. The van der Waals surface area contributed by atoms with Crippen molar-refractivity contribution in [2.24, 2.45) is 0 Å². The molecule has 6 heteroatoms. The zero-order valence-electron chi connectivity index (χ0n) is 11.2. The van der Waals surface area contributed by atoms with Crippen molar-refractivity contribution in [2.75, 3.05) is 37.7 Å². The summed E-state index contributed by atoms with van der Waals surface area (Å²) in [5, 5.41) is 0. The van der Waals surface area contributed by atoms with E-state index in [-0.39, 0.29) is 5.75 Å². The van der Waals surface area contributed by atoms with E-state index in [9.17, 15) is 8.42 Å². The first-order chi connectivity index (χ1) is 9.01. The third kappa shape index (κ3) is 3.68. The molecule has 1 heterocycles. The lowest BCUT2D eigenvalue weighted by Gasteiger charge is -2.33. The Morgan fingerprint density at radius 1 is 1.21 bits per heavy atom. The van der Waals surface area contributed by atoms with Crippen molar-refractivity contribution in [1.82, 2.24) is 9.21 Å². The van der Waals surface area contributed by atoms with Crippen LogP contribution in [0.15, 0.2) is 24.3 Å². The molecule has 2 N–H and O–H groups in total. The fourth-order valence-corrected chi connectivity index (χ4v) is 3.38. The highest BCUT2D eigenvalue weighted by molar-refractivity contribution is 7.89. The summed E-state index contributed by atoms with van der Waals surface area (Å²) in [5.41, 5.74) is 7.70. The van der Waals surface area contributed by atoms with Crippen LogP contribution in [0.5, 0.6) is 0 Å². The molecule has 0 spiro atoms. The second-order valence-electron chi connectivity index (χ2n) is 4.82. The number of sulfonamides is 1. The summed E-state index contributed by atoms with van der Waals surface area (Å²) in [4.78, 5) is 2.26. The standard InChI is InChI=1S/C13H21N3O2S/c1-2-19(17,18)16-8-6-15(7-9-16)11-12-4-3-5-13(14)10-12/h3-5,10H,2,6-9,11,14H2,1H3. The molecule has 106 valence electrons. The van der Waals surface area contributed by atoms with Crippen molar-refractivity contribution < 1.29 is 8.42 Å². The number of nitrogens with two attached hydrogens (primary N) is 1. The van der Waals surface area contributed by atoms with Gasteiger partial charge in [-0.1, -0.05) is 12.1 Å². The highest BCUT2D eigenvalue weighted by Gasteiger charge is 2.25. The lowest BCUT2D eigenvalue weighted by Crippen LogP contribution is -2.48. The van der Waals surface area contributed by atoms with Crippen LogP contribution in [0.25, 0.3) is 0 Å². The van der Waals surface area contributed by atoms with E-state index in [1.807, 2.05) is 24.3 Å². The average molecular weight is 283 g/mol. The molecule has 0 radical (unpaired) electrons. The summed E-state index contributed by atoms with van der Waals surface area (Å²) in [6.45, 7) is 5.22. The fraction of sp³-hybridized carbons (Fsp3) is 0.538. The second-order valence-corrected chi connectivity index (χ2v) is 7.08. The number of anilines is 1. The number of rotatable bonds is 4. The molecule has 0 atom stereocenters. The first-order valence-corrected chi connectivity index (χ1v) is 8.17. The van der Waals surface area contributed by atoms with Crippen LogP contribution in [0.2, 0.25) is 0 Å². The Hall–Kier alpha value is -1.11. The van der Waals surface area contributed by atoms with Crippen LogP contribution in [0.4, 0.5) is 5.69 Å². The quantitative estimate of drug-likeness (QED) is 0.828. The Morgan fingerprint density at radius 3 is 2.47 bits per heavy atom. The molecule has 1 aromatic carbocycles. The van der Waals surface area contributed by atoms with Gasteiger partial charge in [0.2, 0.25) is 10.0 Å². The Balaban J connectivity index is 1.91. The van der Waals surface area contributed by atoms with E-state index < -0.39 is 10.0 Å². The molecule has 0 aromatic heterocycles. The highest BCUT2D eigenvalue weighted by atomic mass is 32.2. The van der Waals surface area contributed by atoms with E-state index in [1.54, 1.807) is 11.2 Å². The molecule has 2 rings (SSSR count). The Kier molecular flexibility index (Phi) is 4.44. The summed E-state index contributed by atoms with van der Waals surface area (Å²) >= 11 is 0. The molecule has 1 aliphatic rings. The lowest BCUT2D eigenvalue weighted by atomic mass is 10.2. The van der Waals surface area contributed by atoms with Gasteiger partial charge in [-0.15, -0.1) is 0 Å². The van der Waals surface area contributed by atoms with E-state index in [0.717, 1.165) is 25.3 Å². The molecular weight excluding hydrogens is 262 g/mol. The summed E-state index contributed by atoms with van der Waals surface area (Å²) in [6, 6.07) is 7.83. The molecular formula is C13H21N3O2S. The maximum absolute atomic E-state index is 11.8. The van der Waals surface area contributed by atoms with E-state index in [4.69, 9.17) is 5.73 Å². The largest absolute Gasteiger partial charge is 0.399 e. The normalized spacial score (nSPS) is 18.6. The fourth-order valence-electron chi connectivity index (χ4n) is 2.30. The third-order valence-corrected chi connectivity index (χ3v) is 5.33. The molecule has 0 unspecified atom stereocenters. The van der Waals surface area contributed by atoms with Gasteiger partial charge in [0.15, 0.2) is 0 Å². The van der Waals surface area contributed by atoms with Gasteiger partial charge >= 0.3 is 0 Å². The van der Waals surface area contributed by atoms with Crippen LogP contribution < -0.4 is 5.73 Å². The van der Waals surface area contributed by atoms with Gasteiger partial charge < -0.3 is 5.73 Å². The summed E-state index contributed by atoms with van der Waals surface area (Å²) < 4.78 is 25.1. The van der Waals surface area contributed by atoms with Crippen molar-refractivity contribution in [3.8, 4) is 0 Å². The van der Waals surface area contributed by atoms with Crippen LogP contribution in [0.1, 0.15) is 12.5 Å². The van der Waals surface area contributed by atoms with Crippen LogP contribution in [0.3, 0.4) is 0 Å². The maximum Gasteiger partial charge on any atom is 0.213 e. The van der Waals surface area contributed by atoms with Crippen molar-refractivity contribution in [2.45, 2.75) is 13.5 Å². The van der Waals surface area contributed by atoms with Gasteiger partial charge in [-0.3, -0.25) is 4.90 Å². The lowest BCUT2D eigenvalue weighted by molar-refractivity contribution is 0.182. The van der Waals surface area contributed by atoms with Gasteiger partial charge in [0, 0.05) is 38.4 Å². The summed E-state index contributed by atoms with van der Waals surface area (Å²) in [7, 11) is -3.04. The van der Waals surface area contributed by atoms with Crippen molar-refractivity contribution in [3.63, 3.8) is 0 Å². The molecule has 1 fully saturated rings. The van der Waals surface area contributed by atoms with Gasteiger partial charge in [-0.05, 0) is 24.6 Å². The molecule has 1 aromatic rings. The van der Waals surface area contributed by atoms with E-state index in [2.05, 4.69) is 4.90 Å². The number of benzene rings is 1. The molecule has 0 saturated carbocycles. The number of hydrogen-bond acceptors (Lipinski definition) is 4. The van der Waals surface area contributed by atoms with Gasteiger partial charge in [-0.25, -0.2) is 8.42 Å². The highest BCUT2D eigenvalue weighted by Crippen LogP contribution is 2.13. The summed E-state index contributed by atoms with van der Waals surface area (Å²) in [6.07, 6.45) is 0. The third-order valence-electron chi connectivity index (χ3n) is 3.45. The van der Waals surface area contributed by atoms with Gasteiger partial charge in [-0.2, -0.15) is 4.31 Å². The van der Waals surface area contributed by atoms with E-state index >= 15 is 0 Å². The smallest absolute Gasteiger partial charge is 0.213 e. The molecule has 0 aliphatic carbocycles. The van der Waals surface area contributed by atoms with Crippen molar-refractivity contribution in [3.05, 3.63) is 29.8 Å². The van der Waals surface area contributed by atoms with Gasteiger partial charge in [0.05, 0.1) is 5.75 Å². The first-order valence-electron chi connectivity index (χ1n) is 6.56.